The second-order valence-corrected chi connectivity index (χ2v) is 7.00. The van der Waals surface area contributed by atoms with Crippen LogP contribution in [0.1, 0.15) is 11.1 Å². The zero-order valence-corrected chi connectivity index (χ0v) is 17.0. The normalized spacial score (nSPS) is 10.9. The second-order valence-electron chi connectivity index (χ2n) is 7.00. The second kappa shape index (κ2) is 8.85. The summed E-state index contributed by atoms with van der Waals surface area (Å²) in [6.45, 7) is -0.134. The summed E-state index contributed by atoms with van der Waals surface area (Å²) in [5, 5.41) is 17.2. The van der Waals surface area contributed by atoms with Crippen LogP contribution in [0.15, 0.2) is 71.8 Å². The maximum Gasteiger partial charge on any atom is 0.277 e. The third kappa shape index (κ3) is 4.19. The van der Waals surface area contributed by atoms with Gasteiger partial charge in [0.25, 0.3) is 5.56 Å². The molecule has 0 fully saturated rings. The summed E-state index contributed by atoms with van der Waals surface area (Å²) in [6, 6.07) is 16.7. The number of benzene rings is 2. The van der Waals surface area contributed by atoms with E-state index in [2.05, 4.69) is 10.4 Å². The van der Waals surface area contributed by atoms with Gasteiger partial charge in [0, 0.05) is 30.1 Å². The minimum Gasteiger partial charge on any atom is -0.497 e. The number of hydrogen-bond donors (Lipinski definition) is 2. The van der Waals surface area contributed by atoms with Crippen LogP contribution in [0.4, 0.5) is 0 Å². The largest absolute Gasteiger partial charge is 0.497 e. The zero-order valence-electron chi connectivity index (χ0n) is 17.0. The quantitative estimate of drug-likeness (QED) is 0.478. The molecule has 2 heterocycles. The topological polar surface area (TPSA) is 97.9 Å². The molecule has 2 aromatic carbocycles. The number of aliphatic hydroxyl groups is 1. The van der Waals surface area contributed by atoms with Gasteiger partial charge < -0.3 is 19.7 Å². The monoisotopic (exact) mass is 418 g/mol. The molecule has 1 amide bonds. The average Bonchev–Trinajstić information content (AvgIpc) is 3.20. The fourth-order valence-electron chi connectivity index (χ4n) is 3.41. The number of aliphatic hydroxyl groups excluding tert-OH is 1. The maximum atomic E-state index is 13.0. The fraction of sp³-hybridized carbons (Fsp3) is 0.174. The van der Waals surface area contributed by atoms with Gasteiger partial charge in [0.2, 0.25) is 5.91 Å². The lowest BCUT2D eigenvalue weighted by atomic mass is 10.1. The molecule has 0 unspecified atom stereocenters. The van der Waals surface area contributed by atoms with Gasteiger partial charge in [-0.2, -0.15) is 5.10 Å². The van der Waals surface area contributed by atoms with Crippen molar-refractivity contribution in [2.75, 3.05) is 7.11 Å². The third-order valence-corrected chi connectivity index (χ3v) is 5.03. The van der Waals surface area contributed by atoms with Gasteiger partial charge in [-0.15, -0.1) is 0 Å². The first-order valence-corrected chi connectivity index (χ1v) is 9.77. The van der Waals surface area contributed by atoms with E-state index in [-0.39, 0.29) is 30.1 Å². The summed E-state index contributed by atoms with van der Waals surface area (Å²) in [5.41, 5.74) is 2.57. The van der Waals surface area contributed by atoms with E-state index >= 15 is 0 Å². The van der Waals surface area contributed by atoms with E-state index < -0.39 is 0 Å². The number of rotatable bonds is 7. The molecule has 0 saturated carbocycles. The number of nitrogens with one attached hydrogen (secondary N) is 1. The van der Waals surface area contributed by atoms with Gasteiger partial charge in [0.1, 0.15) is 17.8 Å². The lowest BCUT2D eigenvalue weighted by Gasteiger charge is -2.09. The summed E-state index contributed by atoms with van der Waals surface area (Å²) in [5.74, 6) is 0.445. The predicted molar refractivity (Wildman–Crippen MR) is 116 cm³/mol. The Morgan fingerprint density at radius 2 is 1.84 bits per heavy atom. The highest BCUT2D eigenvalue weighted by Gasteiger charge is 2.18. The standard InChI is InChI=1S/C23H22N4O4/c1-31-18-9-7-16(8-10-18)13-24-20(29)14-26-11-12-27-22(23(26)30)19(15-28)21(25-27)17-5-3-2-4-6-17/h2-12,28H,13-15H2,1H3,(H,24,29). The van der Waals surface area contributed by atoms with E-state index in [1.807, 2.05) is 54.6 Å². The van der Waals surface area contributed by atoms with Crippen LogP contribution < -0.4 is 15.6 Å². The van der Waals surface area contributed by atoms with Crippen LogP contribution in [0, 0.1) is 0 Å². The number of hydrogen-bond acceptors (Lipinski definition) is 5. The first-order valence-electron chi connectivity index (χ1n) is 9.77. The zero-order chi connectivity index (χ0) is 21.8. The first kappa shape index (κ1) is 20.4. The molecule has 0 atom stereocenters. The molecule has 0 aliphatic heterocycles. The lowest BCUT2D eigenvalue weighted by Crippen LogP contribution is -2.32. The summed E-state index contributed by atoms with van der Waals surface area (Å²) in [7, 11) is 1.59. The van der Waals surface area contributed by atoms with Crippen molar-refractivity contribution in [3.63, 3.8) is 0 Å². The first-order chi connectivity index (χ1) is 15.1. The van der Waals surface area contributed by atoms with Gasteiger partial charge in [-0.3, -0.25) is 9.59 Å². The maximum absolute atomic E-state index is 13.0. The van der Waals surface area contributed by atoms with Crippen LogP contribution in [-0.2, 0) is 24.5 Å². The smallest absolute Gasteiger partial charge is 0.277 e. The van der Waals surface area contributed by atoms with Crippen LogP contribution in [0.25, 0.3) is 16.8 Å². The van der Waals surface area contributed by atoms with Gasteiger partial charge in [0.05, 0.1) is 19.4 Å². The molecule has 4 rings (SSSR count). The molecule has 2 aromatic heterocycles. The molecular weight excluding hydrogens is 396 g/mol. The molecule has 0 saturated heterocycles. The molecule has 0 spiro atoms. The Morgan fingerprint density at radius 3 is 2.52 bits per heavy atom. The van der Waals surface area contributed by atoms with Crippen molar-refractivity contribution in [2.45, 2.75) is 19.7 Å². The Hall–Kier alpha value is -3.91. The van der Waals surface area contributed by atoms with Gasteiger partial charge in [-0.1, -0.05) is 42.5 Å². The van der Waals surface area contributed by atoms with Crippen LogP contribution in [0.3, 0.4) is 0 Å². The molecular formula is C23H22N4O4. The number of amides is 1. The minimum absolute atomic E-state index is 0.137. The van der Waals surface area contributed by atoms with E-state index in [0.29, 0.717) is 17.8 Å². The van der Waals surface area contributed by atoms with Crippen molar-refractivity contribution in [1.82, 2.24) is 19.5 Å². The van der Waals surface area contributed by atoms with E-state index in [1.54, 1.807) is 13.3 Å². The summed E-state index contributed by atoms with van der Waals surface area (Å²) in [6.07, 6.45) is 3.13. The van der Waals surface area contributed by atoms with Crippen LogP contribution in [0.2, 0.25) is 0 Å². The summed E-state index contributed by atoms with van der Waals surface area (Å²) in [4.78, 5) is 25.4. The molecule has 158 valence electrons. The molecule has 0 bridgehead atoms. The summed E-state index contributed by atoms with van der Waals surface area (Å²) >= 11 is 0. The number of methoxy groups -OCH3 is 1. The Bertz CT molecular complexity index is 1260. The number of carbonyl (C=O) groups excluding carboxylic acids is 1. The van der Waals surface area contributed by atoms with Crippen LogP contribution in [0.5, 0.6) is 5.75 Å². The van der Waals surface area contributed by atoms with E-state index in [1.165, 1.54) is 15.3 Å². The predicted octanol–water partition coefficient (Wildman–Crippen LogP) is 1.98. The van der Waals surface area contributed by atoms with Crippen molar-refractivity contribution < 1.29 is 14.6 Å². The molecule has 0 radical (unpaired) electrons. The molecule has 8 heteroatoms. The van der Waals surface area contributed by atoms with Crippen molar-refractivity contribution in [1.29, 1.82) is 0 Å². The van der Waals surface area contributed by atoms with Crippen molar-refractivity contribution >= 4 is 11.4 Å². The van der Waals surface area contributed by atoms with Crippen molar-refractivity contribution in [3.05, 3.63) is 88.5 Å². The van der Waals surface area contributed by atoms with Crippen molar-refractivity contribution in [3.8, 4) is 17.0 Å². The highest BCUT2D eigenvalue weighted by molar-refractivity contribution is 5.76. The molecule has 2 N–H and O–H groups in total. The third-order valence-electron chi connectivity index (χ3n) is 5.03. The number of aromatic nitrogens is 3. The van der Waals surface area contributed by atoms with Gasteiger partial charge in [0.15, 0.2) is 0 Å². The lowest BCUT2D eigenvalue weighted by molar-refractivity contribution is -0.121. The van der Waals surface area contributed by atoms with Gasteiger partial charge >= 0.3 is 0 Å². The number of nitrogens with zero attached hydrogens (tertiary/aromatic N) is 3. The molecule has 4 aromatic rings. The highest BCUT2D eigenvalue weighted by Crippen LogP contribution is 2.24. The van der Waals surface area contributed by atoms with Crippen LogP contribution in [-0.4, -0.2) is 32.3 Å². The highest BCUT2D eigenvalue weighted by atomic mass is 16.5. The molecule has 8 nitrogen and oxygen atoms in total. The van der Waals surface area contributed by atoms with Crippen molar-refractivity contribution in [2.24, 2.45) is 0 Å². The van der Waals surface area contributed by atoms with Gasteiger partial charge in [-0.25, -0.2) is 4.52 Å². The number of ether oxygens (including phenoxy) is 1. The number of carbonyl (C=O) groups is 1. The molecule has 0 aliphatic rings. The van der Waals surface area contributed by atoms with Gasteiger partial charge in [-0.05, 0) is 17.7 Å². The average molecular weight is 418 g/mol. The van der Waals surface area contributed by atoms with E-state index in [4.69, 9.17) is 4.74 Å². The molecule has 31 heavy (non-hydrogen) atoms. The Labute approximate surface area is 178 Å². The van der Waals surface area contributed by atoms with E-state index in [9.17, 15) is 14.7 Å². The Morgan fingerprint density at radius 1 is 1.10 bits per heavy atom. The Balaban J connectivity index is 1.56. The molecule has 0 aliphatic carbocycles. The SMILES string of the molecule is COc1ccc(CNC(=O)Cn2ccn3nc(-c4ccccc4)c(CO)c3c2=O)cc1. The number of fused-ring (bicyclic) bond motifs is 1. The fourth-order valence-corrected chi connectivity index (χ4v) is 3.41. The van der Waals surface area contributed by atoms with Crippen LogP contribution >= 0.6 is 0 Å². The van der Waals surface area contributed by atoms with E-state index in [0.717, 1.165) is 16.9 Å². The summed E-state index contributed by atoms with van der Waals surface area (Å²) < 4.78 is 7.88. The Kier molecular flexibility index (Phi) is 5.81. The minimum atomic E-state index is -0.388.